The lowest BCUT2D eigenvalue weighted by atomic mass is 10.1. The highest BCUT2D eigenvalue weighted by Gasteiger charge is 2.22. The van der Waals surface area contributed by atoms with Crippen molar-refractivity contribution in [3.05, 3.63) is 58.6 Å². The van der Waals surface area contributed by atoms with E-state index >= 15 is 0 Å². The Morgan fingerprint density at radius 1 is 1.14 bits per heavy atom. The Kier molecular flexibility index (Phi) is 6.11. The molecule has 1 fully saturated rings. The maximum absolute atomic E-state index is 12.7. The highest BCUT2D eigenvalue weighted by molar-refractivity contribution is 7.18. The second-order valence-electron chi connectivity index (χ2n) is 7.55. The first-order chi connectivity index (χ1) is 14.1. The molecule has 1 aromatic heterocycles. The number of methoxy groups -OCH3 is 1. The molecule has 0 bridgehead atoms. The molecular weight excluding hydrogens is 382 g/mol. The van der Waals surface area contributed by atoms with Crippen LogP contribution in [0.4, 0.5) is 0 Å². The number of piperazine rings is 1. The van der Waals surface area contributed by atoms with Crippen molar-refractivity contribution in [3.8, 4) is 5.75 Å². The molecule has 0 N–H and O–H groups in total. The standard InChI is InChI=1S/C23H27N3O2S/c1-17-7-8-20(28-2)18(15-17)16-25-11-13-26(14-12-25)23(27)10-9-22-24-19-5-3-4-6-21(19)29-22/h3-8,15H,9-14,16H2,1-2H3. The molecule has 0 saturated carbocycles. The van der Waals surface area contributed by atoms with E-state index in [2.05, 4.69) is 35.0 Å². The molecule has 0 unspecified atom stereocenters. The molecule has 152 valence electrons. The number of hydrogen-bond donors (Lipinski definition) is 0. The number of para-hydroxylation sites is 1. The number of aromatic nitrogens is 1. The Balaban J connectivity index is 1.28. The van der Waals surface area contributed by atoms with E-state index in [0.717, 1.165) is 55.4 Å². The van der Waals surface area contributed by atoms with Crippen molar-refractivity contribution in [2.45, 2.75) is 26.3 Å². The van der Waals surface area contributed by atoms with Crippen LogP contribution in [0.1, 0.15) is 22.6 Å². The molecule has 5 nitrogen and oxygen atoms in total. The largest absolute Gasteiger partial charge is 0.496 e. The molecule has 29 heavy (non-hydrogen) atoms. The van der Waals surface area contributed by atoms with Crippen LogP contribution in [-0.4, -0.2) is 54.0 Å². The van der Waals surface area contributed by atoms with Crippen molar-refractivity contribution in [1.29, 1.82) is 0 Å². The monoisotopic (exact) mass is 409 g/mol. The van der Waals surface area contributed by atoms with E-state index in [4.69, 9.17) is 4.74 Å². The van der Waals surface area contributed by atoms with Crippen molar-refractivity contribution >= 4 is 27.5 Å². The first-order valence-electron chi connectivity index (χ1n) is 10.1. The molecule has 1 aliphatic rings. The number of carbonyl (C=O) groups is 1. The molecule has 0 radical (unpaired) electrons. The van der Waals surface area contributed by atoms with Crippen molar-refractivity contribution in [2.75, 3.05) is 33.3 Å². The zero-order chi connectivity index (χ0) is 20.2. The number of amides is 1. The van der Waals surface area contributed by atoms with Gasteiger partial charge in [-0.3, -0.25) is 9.69 Å². The molecule has 4 rings (SSSR count). The zero-order valence-electron chi connectivity index (χ0n) is 17.1. The van der Waals surface area contributed by atoms with Gasteiger partial charge >= 0.3 is 0 Å². The van der Waals surface area contributed by atoms with Crippen molar-refractivity contribution in [3.63, 3.8) is 0 Å². The SMILES string of the molecule is COc1ccc(C)cc1CN1CCN(C(=O)CCc2nc3ccccc3s2)CC1. The van der Waals surface area contributed by atoms with Crippen LogP contribution in [-0.2, 0) is 17.8 Å². The molecule has 0 atom stereocenters. The van der Waals surface area contributed by atoms with Gasteiger partial charge in [-0.05, 0) is 25.1 Å². The smallest absolute Gasteiger partial charge is 0.223 e. The van der Waals surface area contributed by atoms with Crippen LogP contribution in [0.2, 0.25) is 0 Å². The number of ether oxygens (including phenoxy) is 1. The van der Waals surface area contributed by atoms with Gasteiger partial charge in [0.15, 0.2) is 0 Å². The first kappa shape index (κ1) is 19.9. The minimum absolute atomic E-state index is 0.233. The summed E-state index contributed by atoms with van der Waals surface area (Å²) in [5, 5.41) is 1.05. The van der Waals surface area contributed by atoms with E-state index in [1.807, 2.05) is 29.2 Å². The summed E-state index contributed by atoms with van der Waals surface area (Å²) in [5.41, 5.74) is 3.48. The first-order valence-corrected chi connectivity index (χ1v) is 10.9. The molecular formula is C23H27N3O2S. The fourth-order valence-electron chi connectivity index (χ4n) is 3.83. The van der Waals surface area contributed by atoms with Crippen LogP contribution >= 0.6 is 11.3 Å². The minimum atomic E-state index is 0.233. The third kappa shape index (κ3) is 4.77. The van der Waals surface area contributed by atoms with Crippen LogP contribution in [0.5, 0.6) is 5.75 Å². The van der Waals surface area contributed by atoms with Gasteiger partial charge in [0.2, 0.25) is 5.91 Å². The number of carbonyl (C=O) groups excluding carboxylic acids is 1. The normalized spacial score (nSPS) is 15.0. The maximum Gasteiger partial charge on any atom is 0.223 e. The van der Waals surface area contributed by atoms with Gasteiger partial charge in [-0.2, -0.15) is 0 Å². The van der Waals surface area contributed by atoms with Crippen molar-refractivity contribution < 1.29 is 9.53 Å². The van der Waals surface area contributed by atoms with Crippen LogP contribution in [0.15, 0.2) is 42.5 Å². The summed E-state index contributed by atoms with van der Waals surface area (Å²) in [6, 6.07) is 14.4. The molecule has 0 spiro atoms. The highest BCUT2D eigenvalue weighted by atomic mass is 32.1. The third-order valence-corrected chi connectivity index (χ3v) is 6.54. The molecule has 2 heterocycles. The Morgan fingerprint density at radius 2 is 1.93 bits per heavy atom. The summed E-state index contributed by atoms with van der Waals surface area (Å²) >= 11 is 1.69. The van der Waals surface area contributed by atoms with Crippen LogP contribution in [0, 0.1) is 6.92 Å². The molecule has 0 aliphatic carbocycles. The van der Waals surface area contributed by atoms with Gasteiger partial charge in [0.05, 0.1) is 22.3 Å². The van der Waals surface area contributed by atoms with Gasteiger partial charge in [0.1, 0.15) is 5.75 Å². The third-order valence-electron chi connectivity index (χ3n) is 5.45. The van der Waals surface area contributed by atoms with Crippen LogP contribution < -0.4 is 4.74 Å². The lowest BCUT2D eigenvalue weighted by Gasteiger charge is -2.35. The number of benzene rings is 2. The van der Waals surface area contributed by atoms with Crippen molar-refractivity contribution in [2.24, 2.45) is 0 Å². The predicted molar refractivity (Wildman–Crippen MR) is 118 cm³/mol. The second kappa shape index (κ2) is 8.93. The quantitative estimate of drug-likeness (QED) is 0.620. The van der Waals surface area contributed by atoms with Gasteiger partial charge in [0, 0.05) is 51.1 Å². The number of aryl methyl sites for hydroxylation is 2. The van der Waals surface area contributed by atoms with E-state index in [1.54, 1.807) is 18.4 Å². The zero-order valence-corrected chi connectivity index (χ0v) is 17.9. The fraction of sp³-hybridized carbons (Fsp3) is 0.391. The summed E-state index contributed by atoms with van der Waals surface area (Å²) in [6.07, 6.45) is 1.25. The molecule has 6 heteroatoms. The van der Waals surface area contributed by atoms with Gasteiger partial charge < -0.3 is 9.64 Å². The lowest BCUT2D eigenvalue weighted by Crippen LogP contribution is -2.48. The Hall–Kier alpha value is -2.44. The van der Waals surface area contributed by atoms with E-state index < -0.39 is 0 Å². The van der Waals surface area contributed by atoms with E-state index in [-0.39, 0.29) is 5.91 Å². The number of thiazole rings is 1. The summed E-state index contributed by atoms with van der Waals surface area (Å²) < 4.78 is 6.69. The van der Waals surface area contributed by atoms with E-state index in [0.29, 0.717) is 6.42 Å². The van der Waals surface area contributed by atoms with Gasteiger partial charge in [0.25, 0.3) is 0 Å². The van der Waals surface area contributed by atoms with Crippen LogP contribution in [0.25, 0.3) is 10.2 Å². The molecule has 3 aromatic rings. The summed E-state index contributed by atoms with van der Waals surface area (Å²) in [5.74, 6) is 1.17. The van der Waals surface area contributed by atoms with Gasteiger partial charge in [-0.15, -0.1) is 11.3 Å². The lowest BCUT2D eigenvalue weighted by molar-refractivity contribution is -0.133. The Labute approximate surface area is 175 Å². The number of rotatable bonds is 6. The average molecular weight is 410 g/mol. The van der Waals surface area contributed by atoms with Gasteiger partial charge in [-0.25, -0.2) is 4.98 Å². The summed E-state index contributed by atoms with van der Waals surface area (Å²) in [6.45, 7) is 6.32. The minimum Gasteiger partial charge on any atom is -0.496 e. The molecule has 1 amide bonds. The van der Waals surface area contributed by atoms with Crippen molar-refractivity contribution in [1.82, 2.24) is 14.8 Å². The van der Waals surface area contributed by atoms with E-state index in [1.165, 1.54) is 15.8 Å². The van der Waals surface area contributed by atoms with Gasteiger partial charge in [-0.1, -0.05) is 29.8 Å². The fourth-order valence-corrected chi connectivity index (χ4v) is 4.79. The maximum atomic E-state index is 12.7. The number of hydrogen-bond acceptors (Lipinski definition) is 5. The Bertz CT molecular complexity index is 960. The number of fused-ring (bicyclic) bond motifs is 1. The number of nitrogens with zero attached hydrogens (tertiary/aromatic N) is 3. The summed E-state index contributed by atoms with van der Waals surface area (Å²) in [7, 11) is 1.72. The second-order valence-corrected chi connectivity index (χ2v) is 8.66. The van der Waals surface area contributed by atoms with Crippen LogP contribution in [0.3, 0.4) is 0 Å². The molecule has 2 aromatic carbocycles. The average Bonchev–Trinajstić information content (AvgIpc) is 3.16. The van der Waals surface area contributed by atoms with E-state index in [9.17, 15) is 4.79 Å². The molecule has 1 saturated heterocycles. The topological polar surface area (TPSA) is 45.7 Å². The summed E-state index contributed by atoms with van der Waals surface area (Å²) in [4.78, 5) is 21.7. The molecule has 1 aliphatic heterocycles. The Morgan fingerprint density at radius 3 is 2.69 bits per heavy atom. The predicted octanol–water partition coefficient (Wildman–Crippen LogP) is 3.89. The highest BCUT2D eigenvalue weighted by Crippen LogP contribution is 2.24.